The number of aromatic nitrogens is 3. The SMILES string of the molecule is CCN(CCC#N)C(=O)CSc1nnc(-c2cccc(C)c2)n1Cc1ccco1. The summed E-state index contributed by atoms with van der Waals surface area (Å²) in [5.41, 5.74) is 2.10. The Hall–Kier alpha value is -3.05. The van der Waals surface area contributed by atoms with E-state index < -0.39 is 0 Å². The lowest BCUT2D eigenvalue weighted by molar-refractivity contribution is -0.128. The molecule has 150 valence electrons. The summed E-state index contributed by atoms with van der Waals surface area (Å²) in [5, 5.41) is 18.1. The van der Waals surface area contributed by atoms with Gasteiger partial charge < -0.3 is 9.32 Å². The maximum atomic E-state index is 12.5. The van der Waals surface area contributed by atoms with Gasteiger partial charge in [0.1, 0.15) is 5.76 Å². The highest BCUT2D eigenvalue weighted by Crippen LogP contribution is 2.26. The zero-order valence-electron chi connectivity index (χ0n) is 16.5. The predicted molar refractivity (Wildman–Crippen MR) is 111 cm³/mol. The highest BCUT2D eigenvalue weighted by atomic mass is 32.2. The van der Waals surface area contributed by atoms with E-state index in [1.54, 1.807) is 11.2 Å². The van der Waals surface area contributed by atoms with Crippen LogP contribution in [-0.4, -0.2) is 44.4 Å². The third kappa shape index (κ3) is 5.27. The van der Waals surface area contributed by atoms with Crippen LogP contribution in [-0.2, 0) is 11.3 Å². The van der Waals surface area contributed by atoms with E-state index in [2.05, 4.69) is 22.3 Å². The van der Waals surface area contributed by atoms with Crippen LogP contribution < -0.4 is 0 Å². The standard InChI is InChI=1S/C21H23N5O2S/c1-3-25(11-6-10-22)19(27)15-29-21-24-23-20(17-8-4-7-16(2)13-17)26(21)14-18-9-5-12-28-18/h4-5,7-9,12-13H,3,6,11,14-15H2,1-2H3. The summed E-state index contributed by atoms with van der Waals surface area (Å²) >= 11 is 1.35. The first kappa shape index (κ1) is 20.7. The largest absolute Gasteiger partial charge is 0.467 e. The highest BCUT2D eigenvalue weighted by Gasteiger charge is 2.19. The molecule has 0 bridgehead atoms. The summed E-state index contributed by atoms with van der Waals surface area (Å²) in [6.07, 6.45) is 1.97. The first-order valence-electron chi connectivity index (χ1n) is 9.42. The van der Waals surface area contributed by atoms with Crippen LogP contribution in [0.15, 0.2) is 52.2 Å². The molecule has 2 aromatic heterocycles. The molecule has 0 radical (unpaired) electrons. The van der Waals surface area contributed by atoms with E-state index in [0.29, 0.717) is 31.2 Å². The molecule has 0 atom stereocenters. The third-order valence-corrected chi connectivity index (χ3v) is 5.39. The summed E-state index contributed by atoms with van der Waals surface area (Å²) in [4.78, 5) is 14.2. The predicted octanol–water partition coefficient (Wildman–Crippen LogP) is 3.75. The van der Waals surface area contributed by atoms with Gasteiger partial charge in [-0.1, -0.05) is 35.5 Å². The van der Waals surface area contributed by atoms with Crippen LogP contribution in [0.2, 0.25) is 0 Å². The molecule has 1 aromatic carbocycles. The minimum atomic E-state index is -0.0163. The van der Waals surface area contributed by atoms with E-state index >= 15 is 0 Å². The number of nitrogens with zero attached hydrogens (tertiary/aromatic N) is 5. The molecule has 0 spiro atoms. The van der Waals surface area contributed by atoms with Crippen molar-refractivity contribution in [2.24, 2.45) is 0 Å². The van der Waals surface area contributed by atoms with E-state index in [1.807, 2.05) is 48.7 Å². The second-order valence-electron chi connectivity index (χ2n) is 6.51. The minimum absolute atomic E-state index is 0.0163. The Kier molecular flexibility index (Phi) is 7.09. The molecule has 0 saturated carbocycles. The number of hydrogen-bond donors (Lipinski definition) is 0. The maximum Gasteiger partial charge on any atom is 0.233 e. The fourth-order valence-corrected chi connectivity index (χ4v) is 3.80. The van der Waals surface area contributed by atoms with Crippen LogP contribution in [0.3, 0.4) is 0 Å². The molecule has 2 heterocycles. The van der Waals surface area contributed by atoms with Crippen molar-refractivity contribution in [3.05, 3.63) is 54.0 Å². The minimum Gasteiger partial charge on any atom is -0.467 e. The number of aryl methyl sites for hydroxylation is 1. The van der Waals surface area contributed by atoms with Gasteiger partial charge in [0.15, 0.2) is 11.0 Å². The first-order valence-corrected chi connectivity index (χ1v) is 10.4. The number of carbonyl (C=O) groups excluding carboxylic acids is 1. The maximum absolute atomic E-state index is 12.5. The molecule has 0 N–H and O–H groups in total. The van der Waals surface area contributed by atoms with Gasteiger partial charge >= 0.3 is 0 Å². The van der Waals surface area contributed by atoms with Gasteiger partial charge in [-0.3, -0.25) is 9.36 Å². The number of thioether (sulfide) groups is 1. The Bertz CT molecular complexity index is 991. The molecule has 29 heavy (non-hydrogen) atoms. The van der Waals surface area contributed by atoms with Crippen LogP contribution in [0.25, 0.3) is 11.4 Å². The first-order chi connectivity index (χ1) is 14.1. The van der Waals surface area contributed by atoms with Gasteiger partial charge in [-0.05, 0) is 32.0 Å². The van der Waals surface area contributed by atoms with Crippen LogP contribution in [0, 0.1) is 18.3 Å². The van der Waals surface area contributed by atoms with Crippen LogP contribution in [0.4, 0.5) is 0 Å². The van der Waals surface area contributed by atoms with Crippen molar-refractivity contribution in [2.45, 2.75) is 32.0 Å². The van der Waals surface area contributed by atoms with Crippen molar-refractivity contribution in [2.75, 3.05) is 18.8 Å². The molecular weight excluding hydrogens is 386 g/mol. The zero-order chi connectivity index (χ0) is 20.6. The summed E-state index contributed by atoms with van der Waals surface area (Å²) in [6, 6.07) is 13.9. The van der Waals surface area contributed by atoms with Crippen LogP contribution in [0.5, 0.6) is 0 Å². The topological polar surface area (TPSA) is 88.0 Å². The highest BCUT2D eigenvalue weighted by molar-refractivity contribution is 7.99. The lowest BCUT2D eigenvalue weighted by Crippen LogP contribution is -2.33. The molecule has 1 amide bonds. The molecule has 0 fully saturated rings. The van der Waals surface area contributed by atoms with E-state index in [9.17, 15) is 4.79 Å². The van der Waals surface area contributed by atoms with Gasteiger partial charge in [0.25, 0.3) is 0 Å². The van der Waals surface area contributed by atoms with E-state index in [-0.39, 0.29) is 11.7 Å². The molecule has 0 aliphatic rings. The molecule has 0 saturated heterocycles. The van der Waals surface area contributed by atoms with Crippen LogP contribution >= 0.6 is 11.8 Å². The van der Waals surface area contributed by atoms with Gasteiger partial charge in [0.05, 0.1) is 31.1 Å². The second-order valence-corrected chi connectivity index (χ2v) is 7.45. The number of carbonyl (C=O) groups is 1. The van der Waals surface area contributed by atoms with E-state index in [4.69, 9.17) is 9.68 Å². The summed E-state index contributed by atoms with van der Waals surface area (Å²) in [6.45, 7) is 5.45. The quantitative estimate of drug-likeness (QED) is 0.500. The van der Waals surface area contributed by atoms with E-state index in [0.717, 1.165) is 22.7 Å². The molecule has 3 rings (SSSR count). The van der Waals surface area contributed by atoms with Crippen molar-refractivity contribution in [3.8, 4) is 17.5 Å². The number of furan rings is 1. The van der Waals surface area contributed by atoms with Gasteiger partial charge in [0.2, 0.25) is 5.91 Å². The Morgan fingerprint density at radius 2 is 2.17 bits per heavy atom. The third-order valence-electron chi connectivity index (χ3n) is 4.44. The number of amides is 1. The summed E-state index contributed by atoms with van der Waals surface area (Å²) in [7, 11) is 0. The smallest absolute Gasteiger partial charge is 0.233 e. The number of hydrogen-bond acceptors (Lipinski definition) is 6. The van der Waals surface area contributed by atoms with Gasteiger partial charge in [-0.15, -0.1) is 10.2 Å². The summed E-state index contributed by atoms with van der Waals surface area (Å²) < 4.78 is 7.48. The van der Waals surface area contributed by atoms with Gasteiger partial charge in [0, 0.05) is 18.7 Å². The van der Waals surface area contributed by atoms with Gasteiger partial charge in [-0.25, -0.2) is 0 Å². The fraction of sp³-hybridized carbons (Fsp3) is 0.333. The summed E-state index contributed by atoms with van der Waals surface area (Å²) in [5.74, 6) is 1.74. The zero-order valence-corrected chi connectivity index (χ0v) is 17.4. The lowest BCUT2D eigenvalue weighted by Gasteiger charge is -2.19. The average Bonchev–Trinajstić information content (AvgIpc) is 3.37. The fourth-order valence-electron chi connectivity index (χ4n) is 2.96. The molecular formula is C21H23N5O2S. The number of nitriles is 1. The number of benzene rings is 1. The molecule has 7 nitrogen and oxygen atoms in total. The van der Waals surface area contributed by atoms with Crippen molar-refractivity contribution in [1.29, 1.82) is 5.26 Å². The lowest BCUT2D eigenvalue weighted by atomic mass is 10.1. The normalized spacial score (nSPS) is 10.7. The van der Waals surface area contributed by atoms with Crippen LogP contribution in [0.1, 0.15) is 24.7 Å². The van der Waals surface area contributed by atoms with Crippen molar-refractivity contribution in [3.63, 3.8) is 0 Å². The van der Waals surface area contributed by atoms with E-state index in [1.165, 1.54) is 11.8 Å². The average molecular weight is 410 g/mol. The monoisotopic (exact) mass is 409 g/mol. The Balaban J connectivity index is 1.83. The molecule has 8 heteroatoms. The molecule has 0 aliphatic carbocycles. The Morgan fingerprint density at radius 1 is 1.31 bits per heavy atom. The van der Waals surface area contributed by atoms with Crippen molar-refractivity contribution >= 4 is 17.7 Å². The molecule has 0 aliphatic heterocycles. The Labute approximate surface area is 174 Å². The Morgan fingerprint density at radius 3 is 2.86 bits per heavy atom. The molecule has 3 aromatic rings. The van der Waals surface area contributed by atoms with Crippen molar-refractivity contribution < 1.29 is 9.21 Å². The second kappa shape index (κ2) is 9.94. The van der Waals surface area contributed by atoms with Crippen molar-refractivity contribution in [1.82, 2.24) is 19.7 Å². The van der Waals surface area contributed by atoms with Gasteiger partial charge in [-0.2, -0.15) is 5.26 Å². The number of rotatable bonds is 9. The molecule has 0 unspecified atom stereocenters.